The maximum atomic E-state index is 11.8. The van der Waals surface area contributed by atoms with Gasteiger partial charge in [-0.3, -0.25) is 4.79 Å². The van der Waals surface area contributed by atoms with E-state index in [0.29, 0.717) is 12.8 Å². The number of nitrogens with zero attached hydrogens (tertiary/aromatic N) is 1. The smallest absolute Gasteiger partial charge is 0.227 e. The van der Waals surface area contributed by atoms with Gasteiger partial charge in [-0.2, -0.15) is 5.26 Å². The maximum Gasteiger partial charge on any atom is 0.227 e. The Kier molecular flexibility index (Phi) is 3.14. The van der Waals surface area contributed by atoms with Crippen molar-refractivity contribution >= 4 is 11.6 Å². The van der Waals surface area contributed by atoms with Crippen LogP contribution in [0, 0.1) is 31.1 Å². The first-order chi connectivity index (χ1) is 8.11. The van der Waals surface area contributed by atoms with Crippen LogP contribution < -0.4 is 5.32 Å². The Bertz CT molecular complexity index is 500. The molecule has 0 bridgehead atoms. The highest BCUT2D eigenvalue weighted by Crippen LogP contribution is 2.30. The Morgan fingerprint density at radius 3 is 2.82 bits per heavy atom. The van der Waals surface area contributed by atoms with E-state index in [1.165, 1.54) is 16.7 Å². The van der Waals surface area contributed by atoms with Crippen molar-refractivity contribution in [2.45, 2.75) is 33.1 Å². The lowest BCUT2D eigenvalue weighted by Gasteiger charge is -2.25. The van der Waals surface area contributed by atoms with Gasteiger partial charge < -0.3 is 5.32 Å². The van der Waals surface area contributed by atoms with Gasteiger partial charge in [-0.1, -0.05) is 6.07 Å². The third-order valence-electron chi connectivity index (χ3n) is 3.42. The molecule has 1 aromatic carbocycles. The molecule has 1 aliphatic heterocycles. The number of hydrogen-bond acceptors (Lipinski definition) is 2. The largest absolute Gasteiger partial charge is 0.326 e. The van der Waals surface area contributed by atoms with Gasteiger partial charge >= 0.3 is 0 Å². The van der Waals surface area contributed by atoms with E-state index < -0.39 is 0 Å². The van der Waals surface area contributed by atoms with E-state index in [9.17, 15) is 4.79 Å². The molecule has 3 nitrogen and oxygen atoms in total. The van der Waals surface area contributed by atoms with Crippen molar-refractivity contribution in [1.29, 1.82) is 5.26 Å². The average molecular weight is 228 g/mol. The standard InChI is InChI=1S/C14H16N2O/c1-9-6-12-8-11(4-3-5-15)14(17)16-13(12)7-10(9)2/h6-7,11H,3-4,8H2,1-2H3,(H,16,17). The van der Waals surface area contributed by atoms with E-state index in [0.717, 1.165) is 12.1 Å². The zero-order valence-electron chi connectivity index (χ0n) is 10.2. The number of aryl methyl sites for hydroxylation is 2. The summed E-state index contributed by atoms with van der Waals surface area (Å²) in [6.45, 7) is 4.12. The topological polar surface area (TPSA) is 52.9 Å². The lowest BCUT2D eigenvalue weighted by Crippen LogP contribution is -2.30. The Balaban J connectivity index is 2.25. The second-order valence-electron chi connectivity index (χ2n) is 4.68. The molecule has 0 aliphatic carbocycles. The molecule has 1 heterocycles. The summed E-state index contributed by atoms with van der Waals surface area (Å²) in [4.78, 5) is 11.8. The first-order valence-corrected chi connectivity index (χ1v) is 5.89. The summed E-state index contributed by atoms with van der Waals surface area (Å²) >= 11 is 0. The number of hydrogen-bond donors (Lipinski definition) is 1. The predicted molar refractivity (Wildman–Crippen MR) is 66.6 cm³/mol. The molecule has 1 atom stereocenters. The van der Waals surface area contributed by atoms with E-state index in [1.54, 1.807) is 0 Å². The first-order valence-electron chi connectivity index (χ1n) is 5.89. The van der Waals surface area contributed by atoms with Crippen molar-refractivity contribution in [3.8, 4) is 6.07 Å². The molecule has 0 aromatic heterocycles. The minimum absolute atomic E-state index is 0.0516. The van der Waals surface area contributed by atoms with Crippen molar-refractivity contribution in [3.05, 3.63) is 28.8 Å². The summed E-state index contributed by atoms with van der Waals surface area (Å²) in [6, 6.07) is 6.27. The van der Waals surface area contributed by atoms with Crippen LogP contribution in [-0.2, 0) is 11.2 Å². The summed E-state index contributed by atoms with van der Waals surface area (Å²) in [5.41, 5.74) is 4.57. The van der Waals surface area contributed by atoms with Crippen LogP contribution in [0.5, 0.6) is 0 Å². The van der Waals surface area contributed by atoms with Gasteiger partial charge in [0.1, 0.15) is 0 Å². The molecule has 88 valence electrons. The van der Waals surface area contributed by atoms with Crippen LogP contribution in [0.2, 0.25) is 0 Å². The molecule has 1 amide bonds. The molecule has 0 radical (unpaired) electrons. The Morgan fingerprint density at radius 2 is 2.12 bits per heavy atom. The number of carbonyl (C=O) groups excluding carboxylic acids is 1. The highest BCUT2D eigenvalue weighted by Gasteiger charge is 2.25. The zero-order valence-corrected chi connectivity index (χ0v) is 10.2. The van der Waals surface area contributed by atoms with Crippen LogP contribution in [-0.4, -0.2) is 5.91 Å². The third kappa shape index (κ3) is 2.31. The molecule has 2 rings (SSSR count). The fraction of sp³-hybridized carbons (Fsp3) is 0.429. The Morgan fingerprint density at radius 1 is 1.41 bits per heavy atom. The first kappa shape index (κ1) is 11.7. The van der Waals surface area contributed by atoms with Crippen molar-refractivity contribution in [2.24, 2.45) is 5.92 Å². The number of amides is 1. The minimum Gasteiger partial charge on any atom is -0.326 e. The molecule has 1 N–H and O–H groups in total. The number of nitrogens with one attached hydrogen (secondary N) is 1. The summed E-state index contributed by atoms with van der Waals surface area (Å²) in [5, 5.41) is 11.5. The molecule has 1 unspecified atom stereocenters. The molecule has 0 fully saturated rings. The Hall–Kier alpha value is -1.82. The Labute approximate surface area is 101 Å². The number of carbonyl (C=O) groups is 1. The van der Waals surface area contributed by atoms with Crippen LogP contribution >= 0.6 is 0 Å². The van der Waals surface area contributed by atoms with E-state index in [-0.39, 0.29) is 11.8 Å². The van der Waals surface area contributed by atoms with Crippen molar-refractivity contribution in [1.82, 2.24) is 0 Å². The van der Waals surface area contributed by atoms with Gasteiger partial charge in [-0.15, -0.1) is 0 Å². The van der Waals surface area contributed by atoms with E-state index in [2.05, 4.69) is 24.4 Å². The summed E-state index contributed by atoms with van der Waals surface area (Å²) < 4.78 is 0. The number of anilines is 1. The fourth-order valence-corrected chi connectivity index (χ4v) is 2.23. The molecule has 1 aliphatic rings. The average Bonchev–Trinajstić information content (AvgIpc) is 2.29. The predicted octanol–water partition coefficient (Wildman–Crippen LogP) is 2.72. The number of nitriles is 1. The molecule has 3 heteroatoms. The SMILES string of the molecule is Cc1cc2c(cc1C)NC(=O)C(CCC#N)C2. The summed E-state index contributed by atoms with van der Waals surface area (Å²) in [7, 11) is 0. The van der Waals surface area contributed by atoms with Crippen molar-refractivity contribution in [3.63, 3.8) is 0 Å². The highest BCUT2D eigenvalue weighted by molar-refractivity contribution is 5.95. The highest BCUT2D eigenvalue weighted by atomic mass is 16.1. The second kappa shape index (κ2) is 4.58. The van der Waals surface area contributed by atoms with Gasteiger partial charge in [-0.25, -0.2) is 0 Å². The van der Waals surface area contributed by atoms with Crippen molar-refractivity contribution < 1.29 is 4.79 Å². The lowest BCUT2D eigenvalue weighted by molar-refractivity contribution is -0.120. The molecule has 0 spiro atoms. The third-order valence-corrected chi connectivity index (χ3v) is 3.42. The summed E-state index contributed by atoms with van der Waals surface area (Å²) in [6.07, 6.45) is 1.84. The molecule has 1 aromatic rings. The molecular weight excluding hydrogens is 212 g/mol. The van der Waals surface area contributed by atoms with Crippen LogP contribution in [0.25, 0.3) is 0 Å². The van der Waals surface area contributed by atoms with E-state index >= 15 is 0 Å². The van der Waals surface area contributed by atoms with Crippen LogP contribution in [0.1, 0.15) is 29.5 Å². The van der Waals surface area contributed by atoms with E-state index in [1.807, 2.05) is 13.0 Å². The van der Waals surface area contributed by atoms with Crippen LogP contribution in [0.15, 0.2) is 12.1 Å². The number of fused-ring (bicyclic) bond motifs is 1. The molecule has 0 saturated heterocycles. The number of benzene rings is 1. The van der Waals surface area contributed by atoms with Gasteiger partial charge in [0.15, 0.2) is 0 Å². The lowest BCUT2D eigenvalue weighted by atomic mass is 9.88. The van der Waals surface area contributed by atoms with Gasteiger partial charge in [0.2, 0.25) is 5.91 Å². The quantitative estimate of drug-likeness (QED) is 0.846. The molecular formula is C14H16N2O. The van der Waals surface area contributed by atoms with Gasteiger partial charge in [0.25, 0.3) is 0 Å². The van der Waals surface area contributed by atoms with Crippen LogP contribution in [0.3, 0.4) is 0 Å². The van der Waals surface area contributed by atoms with Gasteiger partial charge in [0, 0.05) is 18.0 Å². The second-order valence-corrected chi connectivity index (χ2v) is 4.68. The van der Waals surface area contributed by atoms with E-state index in [4.69, 9.17) is 5.26 Å². The van der Waals surface area contributed by atoms with Crippen LogP contribution in [0.4, 0.5) is 5.69 Å². The molecule has 0 saturated carbocycles. The number of rotatable bonds is 2. The fourth-order valence-electron chi connectivity index (χ4n) is 2.23. The zero-order chi connectivity index (χ0) is 12.4. The van der Waals surface area contributed by atoms with Crippen molar-refractivity contribution in [2.75, 3.05) is 5.32 Å². The van der Waals surface area contributed by atoms with Gasteiger partial charge in [0.05, 0.1) is 6.07 Å². The normalized spacial score (nSPS) is 18.2. The van der Waals surface area contributed by atoms with Gasteiger partial charge in [-0.05, 0) is 49.4 Å². The minimum atomic E-state index is -0.0516. The molecule has 17 heavy (non-hydrogen) atoms. The maximum absolute atomic E-state index is 11.8. The monoisotopic (exact) mass is 228 g/mol. The summed E-state index contributed by atoms with van der Waals surface area (Å²) in [5.74, 6) is 0.000240.